The Labute approximate surface area is 113 Å². The van der Waals surface area contributed by atoms with Gasteiger partial charge < -0.3 is 9.84 Å². The number of halogens is 2. The van der Waals surface area contributed by atoms with Crippen molar-refractivity contribution in [2.24, 2.45) is 0 Å². The second-order valence-corrected chi connectivity index (χ2v) is 5.52. The van der Waals surface area contributed by atoms with Crippen LogP contribution in [0.4, 0.5) is 4.39 Å². The molecule has 1 aliphatic heterocycles. The third kappa shape index (κ3) is 2.61. The van der Waals surface area contributed by atoms with Crippen LogP contribution in [0.3, 0.4) is 0 Å². The number of nitrogens with one attached hydrogen (secondary N) is 1. The fourth-order valence-electron chi connectivity index (χ4n) is 1.45. The van der Waals surface area contributed by atoms with Gasteiger partial charge in [-0.15, -0.1) is 0 Å². The monoisotopic (exact) mass is 291 g/mol. The summed E-state index contributed by atoms with van der Waals surface area (Å²) in [5.41, 5.74) is -0.662. The molecule has 0 radical (unpaired) electrons. The van der Waals surface area contributed by atoms with Gasteiger partial charge in [0.05, 0.1) is 23.8 Å². The fraction of sp³-hybridized carbons (Fsp3) is 0.364. The Hall–Kier alpha value is -0.820. The van der Waals surface area contributed by atoms with E-state index in [0.717, 1.165) is 6.07 Å². The minimum atomic E-state index is -1.38. The summed E-state index contributed by atoms with van der Waals surface area (Å²) in [6.45, 7) is 3.12. The molecule has 0 unspecified atom stereocenters. The van der Waals surface area contributed by atoms with Crippen LogP contribution in [0.15, 0.2) is 17.0 Å². The standard InChI is InChI=1S/C11H11ClFNO3S/c1-11(4-17-5-11)14-18-7-3-2-6(13)8(9(7)12)10(15)16/h2-3,14H,4-5H2,1H3,(H,15,16). The number of aromatic carboxylic acids is 1. The van der Waals surface area contributed by atoms with Crippen LogP contribution in [0.25, 0.3) is 0 Å². The summed E-state index contributed by atoms with van der Waals surface area (Å²) in [6.07, 6.45) is 0. The van der Waals surface area contributed by atoms with E-state index >= 15 is 0 Å². The maximum Gasteiger partial charge on any atom is 0.340 e. The molecule has 0 bridgehead atoms. The number of carboxylic acids is 1. The molecule has 1 saturated heterocycles. The topological polar surface area (TPSA) is 58.6 Å². The maximum absolute atomic E-state index is 13.3. The van der Waals surface area contributed by atoms with E-state index in [4.69, 9.17) is 21.4 Å². The van der Waals surface area contributed by atoms with Crippen LogP contribution in [0, 0.1) is 5.82 Å². The molecule has 0 spiro atoms. The average Bonchev–Trinajstić information content (AvgIpc) is 2.25. The molecule has 0 aromatic heterocycles. The van der Waals surface area contributed by atoms with Crippen molar-refractivity contribution in [2.75, 3.05) is 13.2 Å². The Kier molecular flexibility index (Phi) is 3.82. The van der Waals surface area contributed by atoms with Crippen LogP contribution in [0.5, 0.6) is 0 Å². The van der Waals surface area contributed by atoms with Crippen LogP contribution in [-0.2, 0) is 4.74 Å². The van der Waals surface area contributed by atoms with E-state index in [1.807, 2.05) is 6.92 Å². The Bertz CT molecular complexity index is 493. The molecule has 2 N–H and O–H groups in total. The highest BCUT2D eigenvalue weighted by Gasteiger charge is 2.33. The predicted molar refractivity (Wildman–Crippen MR) is 66.6 cm³/mol. The number of rotatable bonds is 4. The zero-order valence-electron chi connectivity index (χ0n) is 9.50. The third-order valence-electron chi connectivity index (χ3n) is 2.52. The molecule has 1 fully saturated rings. The van der Waals surface area contributed by atoms with Crippen molar-refractivity contribution in [1.29, 1.82) is 0 Å². The number of ether oxygens (including phenoxy) is 1. The first-order valence-corrected chi connectivity index (χ1v) is 6.35. The van der Waals surface area contributed by atoms with Gasteiger partial charge in [-0.3, -0.25) is 0 Å². The average molecular weight is 292 g/mol. The lowest BCUT2D eigenvalue weighted by Crippen LogP contribution is -2.55. The first-order valence-electron chi connectivity index (χ1n) is 5.16. The first-order chi connectivity index (χ1) is 8.43. The van der Waals surface area contributed by atoms with E-state index in [0.29, 0.717) is 18.1 Å². The minimum Gasteiger partial charge on any atom is -0.478 e. The minimum absolute atomic E-state index is 0.0937. The van der Waals surface area contributed by atoms with Crippen LogP contribution in [-0.4, -0.2) is 29.8 Å². The van der Waals surface area contributed by atoms with Crippen molar-refractivity contribution in [3.63, 3.8) is 0 Å². The molecule has 0 amide bonds. The van der Waals surface area contributed by atoms with Crippen LogP contribution in [0.2, 0.25) is 5.02 Å². The van der Waals surface area contributed by atoms with Gasteiger partial charge in [-0.25, -0.2) is 13.9 Å². The number of carbonyl (C=O) groups is 1. The normalized spacial score (nSPS) is 17.3. The van der Waals surface area contributed by atoms with Crippen molar-refractivity contribution in [2.45, 2.75) is 17.4 Å². The number of hydrogen-bond donors (Lipinski definition) is 2. The zero-order valence-corrected chi connectivity index (χ0v) is 11.1. The van der Waals surface area contributed by atoms with Crippen LogP contribution < -0.4 is 4.72 Å². The number of hydrogen-bond acceptors (Lipinski definition) is 4. The fourth-order valence-corrected chi connectivity index (χ4v) is 2.61. The van der Waals surface area contributed by atoms with Crippen LogP contribution >= 0.6 is 23.5 Å². The van der Waals surface area contributed by atoms with Gasteiger partial charge in [-0.05, 0) is 31.0 Å². The summed E-state index contributed by atoms with van der Waals surface area (Å²) >= 11 is 7.06. The number of benzene rings is 1. The molecular weight excluding hydrogens is 281 g/mol. The van der Waals surface area contributed by atoms with Gasteiger partial charge in [-0.1, -0.05) is 11.6 Å². The highest BCUT2D eigenvalue weighted by molar-refractivity contribution is 7.97. The molecular formula is C11H11ClFNO3S. The van der Waals surface area contributed by atoms with Gasteiger partial charge in [0, 0.05) is 4.90 Å². The lowest BCUT2D eigenvalue weighted by Gasteiger charge is -2.38. The zero-order chi connectivity index (χ0) is 13.3. The Balaban J connectivity index is 2.18. The van der Waals surface area contributed by atoms with E-state index in [-0.39, 0.29) is 10.6 Å². The highest BCUT2D eigenvalue weighted by atomic mass is 35.5. The maximum atomic E-state index is 13.3. The SMILES string of the molecule is CC1(NSc2ccc(F)c(C(=O)O)c2Cl)COC1. The lowest BCUT2D eigenvalue weighted by molar-refractivity contribution is -0.0510. The van der Waals surface area contributed by atoms with E-state index in [1.54, 1.807) is 0 Å². The van der Waals surface area contributed by atoms with Gasteiger partial charge in [0.1, 0.15) is 11.4 Å². The quantitative estimate of drug-likeness (QED) is 0.835. The Morgan fingerprint density at radius 2 is 2.28 bits per heavy atom. The molecule has 4 nitrogen and oxygen atoms in total. The smallest absolute Gasteiger partial charge is 0.340 e. The molecule has 0 aliphatic carbocycles. The summed E-state index contributed by atoms with van der Waals surface area (Å²) in [5, 5.41) is 8.79. The van der Waals surface area contributed by atoms with Crippen molar-refractivity contribution in [3.8, 4) is 0 Å². The molecule has 0 atom stereocenters. The Morgan fingerprint density at radius 1 is 1.61 bits per heavy atom. The van der Waals surface area contributed by atoms with E-state index in [9.17, 15) is 9.18 Å². The van der Waals surface area contributed by atoms with E-state index in [1.165, 1.54) is 18.0 Å². The van der Waals surface area contributed by atoms with Crippen molar-refractivity contribution < 1.29 is 19.0 Å². The molecule has 1 aliphatic rings. The Morgan fingerprint density at radius 3 is 2.78 bits per heavy atom. The van der Waals surface area contributed by atoms with Gasteiger partial charge >= 0.3 is 5.97 Å². The molecule has 98 valence electrons. The summed E-state index contributed by atoms with van der Waals surface area (Å²) in [5.74, 6) is -2.21. The van der Waals surface area contributed by atoms with Crippen LogP contribution in [0.1, 0.15) is 17.3 Å². The van der Waals surface area contributed by atoms with Gasteiger partial charge in [0.25, 0.3) is 0 Å². The van der Waals surface area contributed by atoms with Gasteiger partial charge in [0.2, 0.25) is 0 Å². The van der Waals surface area contributed by atoms with Gasteiger partial charge in [-0.2, -0.15) is 0 Å². The first kappa shape index (κ1) is 13.6. The number of carboxylic acid groups (broad SMARTS) is 1. The molecule has 1 aromatic rings. The third-order valence-corrected chi connectivity index (χ3v) is 4.18. The second-order valence-electron chi connectivity index (χ2n) is 4.30. The summed E-state index contributed by atoms with van der Waals surface area (Å²) in [4.78, 5) is 11.4. The largest absolute Gasteiger partial charge is 0.478 e. The van der Waals surface area contributed by atoms with E-state index in [2.05, 4.69) is 4.72 Å². The molecule has 18 heavy (non-hydrogen) atoms. The van der Waals surface area contributed by atoms with Gasteiger partial charge in [0.15, 0.2) is 0 Å². The second kappa shape index (κ2) is 5.05. The molecule has 7 heteroatoms. The predicted octanol–water partition coefficient (Wildman–Crippen LogP) is 2.56. The summed E-state index contributed by atoms with van der Waals surface area (Å²) in [6, 6.07) is 2.55. The summed E-state index contributed by atoms with van der Waals surface area (Å²) in [7, 11) is 0. The molecule has 1 aromatic carbocycles. The molecule has 2 rings (SSSR count). The lowest BCUT2D eigenvalue weighted by atomic mass is 10.0. The van der Waals surface area contributed by atoms with Crippen molar-refractivity contribution in [3.05, 3.63) is 28.5 Å². The summed E-state index contributed by atoms with van der Waals surface area (Å²) < 4.78 is 21.5. The van der Waals surface area contributed by atoms with Crippen molar-refractivity contribution >= 4 is 29.5 Å². The van der Waals surface area contributed by atoms with Crippen molar-refractivity contribution in [1.82, 2.24) is 4.72 Å². The molecule has 0 saturated carbocycles. The highest BCUT2D eigenvalue weighted by Crippen LogP contribution is 2.32. The van der Waals surface area contributed by atoms with E-state index < -0.39 is 17.3 Å². The molecule has 1 heterocycles.